The molecule has 42 heavy (non-hydrogen) atoms. The van der Waals surface area contributed by atoms with Gasteiger partial charge in [0.25, 0.3) is 17.2 Å². The number of aromatic nitrogens is 2. The number of amides is 1. The lowest BCUT2D eigenvalue weighted by Gasteiger charge is -2.36. The maximum atomic E-state index is 13.7. The molecule has 10 heteroatoms. The molecule has 0 spiro atoms. The molecule has 0 aliphatic carbocycles. The topological polar surface area (TPSA) is 102 Å². The SMILES string of the molecule is Cc1ccc(-c2nn(-c3cc(N4CCN(C(=O)c5ccccc5Cl)CC4)ccc3[N+](=O)[O-])c(=O)c3ccccc23)cc1. The number of piperazine rings is 1. The van der Waals surface area contributed by atoms with Crippen LogP contribution in [0.3, 0.4) is 0 Å². The Bertz CT molecular complexity index is 1900. The molecule has 210 valence electrons. The van der Waals surface area contributed by atoms with E-state index in [0.29, 0.717) is 58.9 Å². The minimum Gasteiger partial charge on any atom is -0.368 e. The third-order valence-electron chi connectivity index (χ3n) is 7.55. The van der Waals surface area contributed by atoms with Crippen LogP contribution in [0.25, 0.3) is 27.7 Å². The number of nitrogens with zero attached hydrogens (tertiary/aromatic N) is 5. The molecule has 1 saturated heterocycles. The third-order valence-corrected chi connectivity index (χ3v) is 7.88. The lowest BCUT2D eigenvalue weighted by molar-refractivity contribution is -0.384. The van der Waals surface area contributed by atoms with Gasteiger partial charge >= 0.3 is 0 Å². The summed E-state index contributed by atoms with van der Waals surface area (Å²) in [7, 11) is 0. The van der Waals surface area contributed by atoms with Crippen molar-refractivity contribution in [1.29, 1.82) is 0 Å². The molecule has 4 aromatic carbocycles. The van der Waals surface area contributed by atoms with Crippen LogP contribution < -0.4 is 10.5 Å². The second-order valence-corrected chi connectivity index (χ2v) is 10.6. The highest BCUT2D eigenvalue weighted by Crippen LogP contribution is 2.31. The van der Waals surface area contributed by atoms with E-state index in [1.807, 2.05) is 48.2 Å². The normalized spacial score (nSPS) is 13.4. The van der Waals surface area contributed by atoms with Crippen molar-refractivity contribution in [3.63, 3.8) is 0 Å². The van der Waals surface area contributed by atoms with Gasteiger partial charge < -0.3 is 9.80 Å². The van der Waals surface area contributed by atoms with Crippen molar-refractivity contribution in [2.45, 2.75) is 6.92 Å². The van der Waals surface area contributed by atoms with E-state index < -0.39 is 10.5 Å². The number of hydrogen-bond acceptors (Lipinski definition) is 6. The zero-order chi connectivity index (χ0) is 29.4. The van der Waals surface area contributed by atoms with Gasteiger partial charge in [-0.25, -0.2) is 0 Å². The quantitative estimate of drug-likeness (QED) is 0.190. The third kappa shape index (κ3) is 4.99. The van der Waals surface area contributed by atoms with Crippen molar-refractivity contribution in [1.82, 2.24) is 14.7 Å². The van der Waals surface area contributed by atoms with E-state index >= 15 is 0 Å². The number of benzene rings is 4. The van der Waals surface area contributed by atoms with Crippen LogP contribution in [-0.2, 0) is 0 Å². The summed E-state index contributed by atoms with van der Waals surface area (Å²) in [6.45, 7) is 3.88. The Morgan fingerprint density at radius 2 is 1.55 bits per heavy atom. The van der Waals surface area contributed by atoms with Crippen LogP contribution in [-0.4, -0.2) is 51.7 Å². The zero-order valence-electron chi connectivity index (χ0n) is 22.7. The van der Waals surface area contributed by atoms with Crippen LogP contribution in [0, 0.1) is 17.0 Å². The van der Waals surface area contributed by atoms with Crippen molar-refractivity contribution in [2.24, 2.45) is 0 Å². The van der Waals surface area contributed by atoms with Crippen LogP contribution in [0.1, 0.15) is 15.9 Å². The summed E-state index contributed by atoms with van der Waals surface area (Å²) in [5.41, 5.74) is 2.98. The summed E-state index contributed by atoms with van der Waals surface area (Å²) in [4.78, 5) is 42.2. The van der Waals surface area contributed by atoms with Crippen molar-refractivity contribution in [2.75, 3.05) is 31.1 Å². The number of halogens is 1. The van der Waals surface area contributed by atoms with Crippen molar-refractivity contribution >= 4 is 39.7 Å². The molecule has 5 aromatic rings. The molecule has 6 rings (SSSR count). The summed E-state index contributed by atoms with van der Waals surface area (Å²) in [5, 5.41) is 18.3. The summed E-state index contributed by atoms with van der Waals surface area (Å²) < 4.78 is 1.14. The van der Waals surface area contributed by atoms with Gasteiger partial charge in [-0.3, -0.25) is 19.7 Å². The molecule has 1 aliphatic rings. The number of hydrogen-bond donors (Lipinski definition) is 0. The van der Waals surface area contributed by atoms with Crippen molar-refractivity contribution in [3.8, 4) is 16.9 Å². The van der Waals surface area contributed by atoms with Gasteiger partial charge in [-0.1, -0.05) is 71.8 Å². The van der Waals surface area contributed by atoms with Crippen LogP contribution in [0.15, 0.2) is 95.8 Å². The van der Waals surface area contributed by atoms with E-state index in [4.69, 9.17) is 16.7 Å². The van der Waals surface area contributed by atoms with Gasteiger partial charge in [0.2, 0.25) is 0 Å². The first-order chi connectivity index (χ1) is 20.3. The highest BCUT2D eigenvalue weighted by Gasteiger charge is 2.26. The molecular weight excluding hydrogens is 554 g/mol. The Hall–Kier alpha value is -5.02. The highest BCUT2D eigenvalue weighted by molar-refractivity contribution is 6.33. The van der Waals surface area contributed by atoms with E-state index in [0.717, 1.165) is 15.8 Å². The fourth-order valence-corrected chi connectivity index (χ4v) is 5.50. The molecule has 0 saturated carbocycles. The molecule has 0 bridgehead atoms. The summed E-state index contributed by atoms with van der Waals surface area (Å²) in [6, 6.07) is 26.6. The molecule has 1 aliphatic heterocycles. The Morgan fingerprint density at radius 3 is 2.24 bits per heavy atom. The van der Waals surface area contributed by atoms with Gasteiger partial charge in [-0.15, -0.1) is 0 Å². The van der Waals surface area contributed by atoms with Crippen LogP contribution in [0.2, 0.25) is 5.02 Å². The maximum Gasteiger partial charge on any atom is 0.295 e. The number of nitro benzene ring substituents is 1. The van der Waals surface area contributed by atoms with E-state index in [9.17, 15) is 19.7 Å². The predicted octanol–water partition coefficient (Wildman–Crippen LogP) is 5.89. The van der Waals surface area contributed by atoms with Gasteiger partial charge in [0.1, 0.15) is 5.69 Å². The van der Waals surface area contributed by atoms with Crippen molar-refractivity contribution in [3.05, 3.63) is 128 Å². The molecule has 1 aromatic heterocycles. The van der Waals surface area contributed by atoms with Gasteiger partial charge in [0.05, 0.1) is 26.6 Å². The van der Waals surface area contributed by atoms with E-state index in [2.05, 4.69) is 0 Å². The fraction of sp³-hybridized carbons (Fsp3) is 0.156. The van der Waals surface area contributed by atoms with Crippen LogP contribution in [0.4, 0.5) is 11.4 Å². The molecular formula is C32H26ClN5O4. The van der Waals surface area contributed by atoms with Crippen LogP contribution >= 0.6 is 11.6 Å². The van der Waals surface area contributed by atoms with Gasteiger partial charge in [0.15, 0.2) is 0 Å². The van der Waals surface area contributed by atoms with Crippen molar-refractivity contribution < 1.29 is 9.72 Å². The lowest BCUT2D eigenvalue weighted by Crippen LogP contribution is -2.48. The molecule has 1 fully saturated rings. The monoisotopic (exact) mass is 579 g/mol. The van der Waals surface area contributed by atoms with E-state index in [1.54, 1.807) is 53.4 Å². The number of anilines is 1. The second kappa shape index (κ2) is 11.1. The number of carbonyl (C=O) groups excluding carboxylic acids is 1. The average molecular weight is 580 g/mol. The molecule has 0 N–H and O–H groups in total. The van der Waals surface area contributed by atoms with E-state index in [1.165, 1.54) is 6.07 Å². The molecule has 9 nitrogen and oxygen atoms in total. The first kappa shape index (κ1) is 27.2. The molecule has 0 radical (unpaired) electrons. The standard InChI is InChI=1S/C32H26ClN5O4/c1-21-10-12-22(13-11-21)30-24-6-2-3-7-25(24)32(40)37(34-30)29-20-23(14-15-28(29)38(41)42)35-16-18-36(19-17-35)31(39)26-8-4-5-9-27(26)33/h2-15,20H,16-19H2,1H3. The lowest BCUT2D eigenvalue weighted by atomic mass is 10.0. The first-order valence-corrected chi connectivity index (χ1v) is 13.9. The Balaban J connectivity index is 1.39. The molecule has 0 atom stereocenters. The van der Waals surface area contributed by atoms with E-state index in [-0.39, 0.29) is 17.3 Å². The van der Waals surface area contributed by atoms with Gasteiger partial charge in [-0.2, -0.15) is 9.78 Å². The molecule has 1 amide bonds. The maximum absolute atomic E-state index is 13.7. The van der Waals surface area contributed by atoms with Gasteiger partial charge in [0, 0.05) is 48.9 Å². The number of fused-ring (bicyclic) bond motifs is 1. The molecule has 0 unspecified atom stereocenters. The Morgan fingerprint density at radius 1 is 0.881 bits per heavy atom. The zero-order valence-corrected chi connectivity index (χ0v) is 23.5. The highest BCUT2D eigenvalue weighted by atomic mass is 35.5. The molecule has 2 heterocycles. The summed E-state index contributed by atoms with van der Waals surface area (Å²) in [6.07, 6.45) is 0. The average Bonchev–Trinajstić information content (AvgIpc) is 3.01. The van der Waals surface area contributed by atoms with Gasteiger partial charge in [-0.05, 0) is 37.3 Å². The first-order valence-electron chi connectivity index (χ1n) is 13.5. The smallest absolute Gasteiger partial charge is 0.295 e. The fourth-order valence-electron chi connectivity index (χ4n) is 5.28. The Kier molecular flexibility index (Phi) is 7.18. The second-order valence-electron chi connectivity index (χ2n) is 10.2. The van der Waals surface area contributed by atoms with Crippen LogP contribution in [0.5, 0.6) is 0 Å². The minimum atomic E-state index is -0.506. The summed E-state index contributed by atoms with van der Waals surface area (Å²) >= 11 is 6.24. The minimum absolute atomic E-state index is 0.0798. The summed E-state index contributed by atoms with van der Waals surface area (Å²) in [5.74, 6) is -0.139. The number of nitro groups is 1. The number of carbonyl (C=O) groups is 1. The largest absolute Gasteiger partial charge is 0.368 e. The Labute approximate surface area is 246 Å². The number of rotatable bonds is 5. The predicted molar refractivity (Wildman–Crippen MR) is 164 cm³/mol. The number of aryl methyl sites for hydroxylation is 1.